The van der Waals surface area contributed by atoms with Crippen LogP contribution in [-0.2, 0) is 0 Å². The molecule has 0 aliphatic carbocycles. The number of anilines is 1. The largest absolute Gasteiger partial charge is 0.369 e. The Bertz CT molecular complexity index is 909. The Kier molecular flexibility index (Phi) is 3.68. The summed E-state index contributed by atoms with van der Waals surface area (Å²) < 4.78 is 0.942. The molecule has 0 amide bonds. The molecule has 0 bridgehead atoms. The highest BCUT2D eigenvalue weighted by Gasteiger charge is 2.14. The van der Waals surface area contributed by atoms with Crippen molar-refractivity contribution >= 4 is 43.4 Å². The number of fused-ring (bicyclic) bond motifs is 3. The van der Waals surface area contributed by atoms with Gasteiger partial charge < -0.3 is 10.3 Å². The Morgan fingerprint density at radius 1 is 1.23 bits per heavy atom. The minimum absolute atomic E-state index is 0.115. The van der Waals surface area contributed by atoms with Crippen LogP contribution in [0.3, 0.4) is 0 Å². The fourth-order valence-corrected chi connectivity index (χ4v) is 2.78. The lowest BCUT2D eigenvalue weighted by molar-refractivity contribution is 0.443. The standard InChI is InChI=1S/C17H18BrN3O/c1-17(2,3)9-20-15-11-5-4-10(18)8-12(11)14-13(21-15)6-7-19-16(14)22/h4-8H,9H2,1-3H3,(H,19,22)(H,20,21). The fourth-order valence-electron chi connectivity index (χ4n) is 2.42. The number of halogens is 1. The van der Waals surface area contributed by atoms with Crippen molar-refractivity contribution in [3.05, 3.63) is 45.3 Å². The van der Waals surface area contributed by atoms with Crippen LogP contribution < -0.4 is 10.9 Å². The summed E-state index contributed by atoms with van der Waals surface area (Å²) in [6.45, 7) is 7.32. The van der Waals surface area contributed by atoms with E-state index in [1.54, 1.807) is 6.20 Å². The molecule has 0 saturated carbocycles. The molecule has 0 saturated heterocycles. The van der Waals surface area contributed by atoms with Crippen LogP contribution in [-0.4, -0.2) is 16.5 Å². The van der Waals surface area contributed by atoms with Crippen molar-refractivity contribution in [3.8, 4) is 0 Å². The summed E-state index contributed by atoms with van der Waals surface area (Å²) in [4.78, 5) is 19.6. The molecule has 0 aliphatic heterocycles. The Morgan fingerprint density at radius 2 is 2.00 bits per heavy atom. The average Bonchev–Trinajstić information content (AvgIpc) is 2.43. The van der Waals surface area contributed by atoms with Crippen LogP contribution in [0, 0.1) is 5.41 Å². The number of nitrogens with one attached hydrogen (secondary N) is 2. The molecule has 5 heteroatoms. The maximum atomic E-state index is 12.2. The number of aromatic amines is 1. The van der Waals surface area contributed by atoms with Gasteiger partial charge in [0.15, 0.2) is 0 Å². The molecule has 0 radical (unpaired) electrons. The predicted octanol–water partition coefficient (Wildman–Crippen LogP) is 4.30. The molecule has 2 heterocycles. The van der Waals surface area contributed by atoms with Gasteiger partial charge in [0.2, 0.25) is 0 Å². The normalized spacial score (nSPS) is 12.0. The smallest absolute Gasteiger partial charge is 0.258 e. The van der Waals surface area contributed by atoms with Crippen LogP contribution >= 0.6 is 15.9 Å². The van der Waals surface area contributed by atoms with E-state index in [-0.39, 0.29) is 11.0 Å². The Morgan fingerprint density at radius 3 is 2.73 bits per heavy atom. The average molecular weight is 360 g/mol. The van der Waals surface area contributed by atoms with Gasteiger partial charge in [-0.25, -0.2) is 4.98 Å². The third-order valence-electron chi connectivity index (χ3n) is 3.46. The van der Waals surface area contributed by atoms with Crippen LogP contribution in [0.2, 0.25) is 0 Å². The number of hydrogen-bond acceptors (Lipinski definition) is 3. The van der Waals surface area contributed by atoms with E-state index in [1.165, 1.54) is 0 Å². The van der Waals surface area contributed by atoms with Gasteiger partial charge in [0, 0.05) is 28.0 Å². The van der Waals surface area contributed by atoms with Crippen LogP contribution in [0.25, 0.3) is 21.7 Å². The Balaban J connectivity index is 2.30. The number of benzene rings is 1. The van der Waals surface area contributed by atoms with Crippen molar-refractivity contribution in [1.82, 2.24) is 9.97 Å². The van der Waals surface area contributed by atoms with E-state index in [0.717, 1.165) is 27.6 Å². The van der Waals surface area contributed by atoms with Gasteiger partial charge in [-0.15, -0.1) is 0 Å². The second kappa shape index (κ2) is 5.39. The van der Waals surface area contributed by atoms with Gasteiger partial charge in [-0.05, 0) is 29.7 Å². The molecular formula is C17H18BrN3O. The van der Waals surface area contributed by atoms with E-state index in [0.29, 0.717) is 10.9 Å². The Hall–Kier alpha value is -1.88. The summed E-state index contributed by atoms with van der Waals surface area (Å²) in [6, 6.07) is 7.76. The first-order valence-electron chi connectivity index (χ1n) is 7.20. The SMILES string of the molecule is CC(C)(C)CNc1nc2cc[nH]c(=O)c2c2cc(Br)ccc12. The highest BCUT2D eigenvalue weighted by atomic mass is 79.9. The lowest BCUT2D eigenvalue weighted by Gasteiger charge is -2.20. The van der Waals surface area contributed by atoms with Gasteiger partial charge in [0.1, 0.15) is 5.82 Å². The number of pyridine rings is 2. The monoisotopic (exact) mass is 359 g/mol. The summed E-state index contributed by atoms with van der Waals surface area (Å²) in [5.41, 5.74) is 0.730. The molecule has 2 aromatic heterocycles. The number of aromatic nitrogens is 2. The fraction of sp³-hybridized carbons (Fsp3) is 0.294. The quantitative estimate of drug-likeness (QED) is 0.670. The van der Waals surface area contributed by atoms with Gasteiger partial charge in [0.05, 0.1) is 10.9 Å². The second-order valence-electron chi connectivity index (χ2n) is 6.63. The molecule has 3 aromatic rings. The molecule has 0 unspecified atom stereocenters. The zero-order chi connectivity index (χ0) is 15.9. The number of nitrogens with zero attached hydrogens (tertiary/aromatic N) is 1. The predicted molar refractivity (Wildman–Crippen MR) is 95.5 cm³/mol. The number of hydrogen-bond donors (Lipinski definition) is 2. The minimum Gasteiger partial charge on any atom is -0.369 e. The molecule has 0 spiro atoms. The molecule has 3 rings (SSSR count). The summed E-state index contributed by atoms with van der Waals surface area (Å²) in [6.07, 6.45) is 1.63. The van der Waals surface area contributed by atoms with Crippen molar-refractivity contribution in [2.75, 3.05) is 11.9 Å². The molecule has 1 aromatic carbocycles. The Labute approximate surface area is 137 Å². The number of H-pyrrole nitrogens is 1. The topological polar surface area (TPSA) is 57.8 Å². The summed E-state index contributed by atoms with van der Waals surface area (Å²) in [7, 11) is 0. The molecule has 0 fully saturated rings. The van der Waals surface area contributed by atoms with E-state index in [9.17, 15) is 4.79 Å². The number of rotatable bonds is 2. The van der Waals surface area contributed by atoms with Crippen molar-refractivity contribution in [3.63, 3.8) is 0 Å². The second-order valence-corrected chi connectivity index (χ2v) is 7.55. The molecular weight excluding hydrogens is 342 g/mol. The van der Waals surface area contributed by atoms with Gasteiger partial charge in [-0.2, -0.15) is 0 Å². The molecule has 2 N–H and O–H groups in total. The van der Waals surface area contributed by atoms with Crippen molar-refractivity contribution in [2.45, 2.75) is 20.8 Å². The van der Waals surface area contributed by atoms with Crippen molar-refractivity contribution in [1.29, 1.82) is 0 Å². The first kappa shape index (κ1) is 15.0. The molecule has 4 nitrogen and oxygen atoms in total. The van der Waals surface area contributed by atoms with E-state index in [4.69, 9.17) is 0 Å². The lowest BCUT2D eigenvalue weighted by atomic mass is 9.97. The molecule has 0 atom stereocenters. The van der Waals surface area contributed by atoms with Crippen molar-refractivity contribution < 1.29 is 0 Å². The third-order valence-corrected chi connectivity index (χ3v) is 3.96. The van der Waals surface area contributed by atoms with E-state index in [2.05, 4.69) is 52.0 Å². The zero-order valence-electron chi connectivity index (χ0n) is 12.8. The van der Waals surface area contributed by atoms with Crippen LogP contribution in [0.4, 0.5) is 5.82 Å². The first-order chi connectivity index (χ1) is 10.3. The van der Waals surface area contributed by atoms with Gasteiger partial charge in [-0.1, -0.05) is 36.7 Å². The van der Waals surface area contributed by atoms with E-state index >= 15 is 0 Å². The summed E-state index contributed by atoms with van der Waals surface area (Å²) in [5, 5.41) is 5.90. The molecule has 114 valence electrons. The third kappa shape index (κ3) is 2.86. The van der Waals surface area contributed by atoms with E-state index in [1.807, 2.05) is 24.3 Å². The van der Waals surface area contributed by atoms with Crippen LogP contribution in [0.15, 0.2) is 39.7 Å². The lowest BCUT2D eigenvalue weighted by Crippen LogP contribution is -2.20. The highest BCUT2D eigenvalue weighted by Crippen LogP contribution is 2.30. The summed E-state index contributed by atoms with van der Waals surface area (Å²) >= 11 is 3.48. The van der Waals surface area contributed by atoms with Crippen LogP contribution in [0.5, 0.6) is 0 Å². The summed E-state index contributed by atoms with van der Waals surface area (Å²) in [5.74, 6) is 0.815. The minimum atomic E-state index is -0.115. The van der Waals surface area contributed by atoms with Crippen LogP contribution in [0.1, 0.15) is 20.8 Å². The van der Waals surface area contributed by atoms with Crippen molar-refractivity contribution in [2.24, 2.45) is 5.41 Å². The zero-order valence-corrected chi connectivity index (χ0v) is 14.4. The highest BCUT2D eigenvalue weighted by molar-refractivity contribution is 9.10. The van der Waals surface area contributed by atoms with E-state index < -0.39 is 0 Å². The maximum Gasteiger partial charge on any atom is 0.258 e. The first-order valence-corrected chi connectivity index (χ1v) is 7.99. The molecule has 22 heavy (non-hydrogen) atoms. The van der Waals surface area contributed by atoms with Gasteiger partial charge in [0.25, 0.3) is 5.56 Å². The maximum absolute atomic E-state index is 12.2. The van der Waals surface area contributed by atoms with Gasteiger partial charge >= 0.3 is 0 Å². The van der Waals surface area contributed by atoms with Gasteiger partial charge in [-0.3, -0.25) is 4.79 Å². The molecule has 0 aliphatic rings.